The van der Waals surface area contributed by atoms with Gasteiger partial charge in [0.15, 0.2) is 0 Å². The SMILES string of the molecule is COc1ccc2c(c1)C(=O)NC=CC=C[C](=[W])c1nccn1CCC=CC2. The summed E-state index contributed by atoms with van der Waals surface area (Å²) in [5.41, 5.74) is 1.60. The molecule has 0 saturated heterocycles. The number of benzene rings is 1. The van der Waals surface area contributed by atoms with Crippen LogP contribution in [0, 0.1) is 0 Å². The number of imidazole rings is 1. The molecule has 5 nitrogen and oxygen atoms in total. The van der Waals surface area contributed by atoms with Crippen LogP contribution in [0.25, 0.3) is 0 Å². The first-order valence-corrected chi connectivity index (χ1v) is 10.2. The van der Waals surface area contributed by atoms with Crippen molar-refractivity contribution < 1.29 is 28.9 Å². The van der Waals surface area contributed by atoms with E-state index in [0.29, 0.717) is 17.7 Å². The van der Waals surface area contributed by atoms with Crippen molar-refractivity contribution in [1.29, 1.82) is 0 Å². The zero-order chi connectivity index (χ0) is 19.1. The molecule has 6 heteroatoms. The van der Waals surface area contributed by atoms with Crippen molar-refractivity contribution in [2.24, 2.45) is 0 Å². The Morgan fingerprint density at radius 3 is 3.00 bits per heavy atom. The number of methoxy groups -OCH3 is 1. The van der Waals surface area contributed by atoms with Gasteiger partial charge in [-0.1, -0.05) is 0 Å². The fourth-order valence-corrected chi connectivity index (χ4v) is 3.70. The number of carbonyl (C=O) groups is 1. The van der Waals surface area contributed by atoms with E-state index in [-0.39, 0.29) is 5.91 Å². The summed E-state index contributed by atoms with van der Waals surface area (Å²) in [4.78, 5) is 17.0. The molecule has 1 aromatic heterocycles. The van der Waals surface area contributed by atoms with Crippen LogP contribution in [0.5, 0.6) is 5.75 Å². The Morgan fingerprint density at radius 2 is 2.15 bits per heavy atom. The Kier molecular flexibility index (Phi) is 6.72. The van der Waals surface area contributed by atoms with E-state index < -0.39 is 0 Å². The average Bonchev–Trinajstić information content (AvgIpc) is 3.15. The molecule has 2 heterocycles. The predicted molar refractivity (Wildman–Crippen MR) is 103 cm³/mol. The van der Waals surface area contributed by atoms with Crippen LogP contribution in [0.2, 0.25) is 0 Å². The zero-order valence-electron chi connectivity index (χ0n) is 15.1. The molecule has 2 aromatic rings. The van der Waals surface area contributed by atoms with Crippen molar-refractivity contribution in [3.05, 3.63) is 84.1 Å². The van der Waals surface area contributed by atoms with Crippen LogP contribution in [-0.4, -0.2) is 26.5 Å². The van der Waals surface area contributed by atoms with E-state index in [1.165, 1.54) is 19.4 Å². The van der Waals surface area contributed by atoms with E-state index >= 15 is 0 Å². The molecule has 1 aromatic carbocycles. The molecule has 0 saturated carbocycles. The molecule has 1 aliphatic heterocycles. The van der Waals surface area contributed by atoms with Crippen LogP contribution in [-0.2, 0) is 32.3 Å². The van der Waals surface area contributed by atoms with Gasteiger partial charge in [-0.3, -0.25) is 0 Å². The molecule has 0 atom stereocenters. The number of rotatable bonds is 1. The van der Waals surface area contributed by atoms with Gasteiger partial charge in [-0.05, 0) is 0 Å². The molecule has 3 rings (SSSR count). The van der Waals surface area contributed by atoms with Crippen LogP contribution in [0.4, 0.5) is 0 Å². The van der Waals surface area contributed by atoms with Gasteiger partial charge in [0.2, 0.25) is 0 Å². The first-order chi connectivity index (χ1) is 13.2. The summed E-state index contributed by atoms with van der Waals surface area (Å²) < 4.78 is 8.60. The zero-order valence-corrected chi connectivity index (χ0v) is 18.0. The summed E-state index contributed by atoms with van der Waals surface area (Å²) in [6.45, 7) is 0.877. The van der Waals surface area contributed by atoms with E-state index in [2.05, 4.69) is 27.0 Å². The summed E-state index contributed by atoms with van der Waals surface area (Å²) in [5, 5.41) is 2.83. The number of hydrogen-bond donors (Lipinski definition) is 1. The first kappa shape index (κ1) is 19.2. The maximum absolute atomic E-state index is 12.6. The Bertz CT molecular complexity index is 925. The van der Waals surface area contributed by atoms with E-state index in [4.69, 9.17) is 4.74 Å². The Hall–Kier alpha value is -2.52. The monoisotopic (exact) mass is 531 g/mol. The topological polar surface area (TPSA) is 56.1 Å². The molecule has 0 unspecified atom stereocenters. The fourth-order valence-electron chi connectivity index (χ4n) is 2.80. The van der Waals surface area contributed by atoms with Crippen molar-refractivity contribution in [1.82, 2.24) is 14.9 Å². The second-order valence-electron chi connectivity index (χ2n) is 5.99. The van der Waals surface area contributed by atoms with E-state index in [1.54, 1.807) is 19.4 Å². The maximum atomic E-state index is 12.6. The van der Waals surface area contributed by atoms with Gasteiger partial charge in [0, 0.05) is 0 Å². The third kappa shape index (κ3) is 5.01. The van der Waals surface area contributed by atoms with Crippen LogP contribution in [0.3, 0.4) is 0 Å². The molecular weight excluding hydrogens is 510 g/mol. The number of allylic oxidation sites excluding steroid dienone is 5. The van der Waals surface area contributed by atoms with Crippen LogP contribution in [0.1, 0.15) is 28.2 Å². The van der Waals surface area contributed by atoms with Crippen LogP contribution < -0.4 is 10.1 Å². The predicted octanol–water partition coefficient (Wildman–Crippen LogP) is 2.96. The van der Waals surface area contributed by atoms with Crippen molar-refractivity contribution in [3.63, 3.8) is 0 Å². The van der Waals surface area contributed by atoms with Gasteiger partial charge in [-0.2, -0.15) is 0 Å². The number of aryl methyl sites for hydroxylation is 1. The number of hydrogen-bond acceptors (Lipinski definition) is 3. The van der Waals surface area contributed by atoms with Gasteiger partial charge < -0.3 is 0 Å². The normalized spacial score (nSPS) is 15.1. The Labute approximate surface area is 169 Å². The number of carbonyl (C=O) groups excluding carboxylic acids is 1. The van der Waals surface area contributed by atoms with Crippen molar-refractivity contribution in [3.8, 4) is 5.75 Å². The molecule has 27 heavy (non-hydrogen) atoms. The molecular formula is C21H21N3O2W. The third-order valence-electron chi connectivity index (χ3n) is 4.21. The summed E-state index contributed by atoms with van der Waals surface area (Å²) >= 11 is 1.35. The van der Waals surface area contributed by atoms with E-state index in [1.807, 2.05) is 42.8 Å². The van der Waals surface area contributed by atoms with Crippen LogP contribution >= 0.6 is 0 Å². The van der Waals surface area contributed by atoms with E-state index in [0.717, 1.165) is 28.3 Å². The number of nitrogens with zero attached hydrogens (tertiary/aromatic N) is 2. The Balaban J connectivity index is 1.89. The van der Waals surface area contributed by atoms with Gasteiger partial charge in [-0.15, -0.1) is 0 Å². The summed E-state index contributed by atoms with van der Waals surface area (Å²) in [6.07, 6.45) is 17.1. The average molecular weight is 531 g/mol. The minimum atomic E-state index is -0.143. The number of aromatic nitrogens is 2. The standard InChI is InChI=1S/C21H21N3O2.W/c1-26-18-11-10-17-8-4-3-7-14-24-15-13-22-20(24)9-5-2-6-12-23-21(25)19(17)16-18;/h2-6,10-13,15-16H,7-8,14H2,1H3,(H,23,25);. The Morgan fingerprint density at radius 1 is 1.26 bits per heavy atom. The second-order valence-corrected chi connectivity index (χ2v) is 7.57. The quantitative estimate of drug-likeness (QED) is 0.577. The fraction of sp³-hybridized carbons (Fsp3) is 0.190. The van der Waals surface area contributed by atoms with Crippen molar-refractivity contribution in [2.75, 3.05) is 7.11 Å². The van der Waals surface area contributed by atoms with Gasteiger partial charge in [0.25, 0.3) is 0 Å². The molecule has 1 amide bonds. The molecule has 138 valence electrons. The molecule has 0 bridgehead atoms. The van der Waals surface area contributed by atoms with Crippen molar-refractivity contribution in [2.45, 2.75) is 19.4 Å². The molecule has 0 fully saturated rings. The van der Waals surface area contributed by atoms with Gasteiger partial charge in [-0.25, -0.2) is 0 Å². The number of fused-ring (bicyclic) bond motifs is 2. The van der Waals surface area contributed by atoms with Gasteiger partial charge in [0.1, 0.15) is 0 Å². The molecule has 1 aliphatic rings. The van der Waals surface area contributed by atoms with Gasteiger partial charge in [0.05, 0.1) is 0 Å². The molecule has 0 aliphatic carbocycles. The summed E-state index contributed by atoms with van der Waals surface area (Å²) in [5.74, 6) is 1.53. The molecule has 1 N–H and O–H groups in total. The number of ether oxygens (including phenoxy) is 1. The minimum absolute atomic E-state index is 0.143. The summed E-state index contributed by atoms with van der Waals surface area (Å²) in [6, 6.07) is 5.61. The summed E-state index contributed by atoms with van der Waals surface area (Å²) in [7, 11) is 1.60. The first-order valence-electron chi connectivity index (χ1n) is 8.70. The molecule has 0 spiro atoms. The van der Waals surface area contributed by atoms with E-state index in [9.17, 15) is 4.79 Å². The van der Waals surface area contributed by atoms with Gasteiger partial charge >= 0.3 is 170 Å². The number of amides is 1. The third-order valence-corrected chi connectivity index (χ3v) is 5.35. The second kappa shape index (κ2) is 9.42. The van der Waals surface area contributed by atoms with Crippen LogP contribution in [0.15, 0.2) is 67.2 Å². The van der Waals surface area contributed by atoms with Crippen molar-refractivity contribution >= 4 is 9.81 Å². The number of nitrogens with one attached hydrogen (secondary N) is 1. The molecule has 0 radical (unpaired) electrons.